The number of carbonyl (C=O) groups excluding carboxylic acids is 1. The van der Waals surface area contributed by atoms with Gasteiger partial charge in [-0.2, -0.15) is 5.26 Å². The van der Waals surface area contributed by atoms with Gasteiger partial charge in [-0.1, -0.05) is 30.8 Å². The summed E-state index contributed by atoms with van der Waals surface area (Å²) in [5.41, 5.74) is 3.46. The molecule has 0 aliphatic heterocycles. The Balaban J connectivity index is 2.00. The molecule has 0 radical (unpaired) electrons. The van der Waals surface area contributed by atoms with E-state index in [2.05, 4.69) is 23.0 Å². The molecular weight excluding hydrogens is 332 g/mol. The second-order valence-electron chi connectivity index (χ2n) is 5.85. The van der Waals surface area contributed by atoms with Gasteiger partial charge in [0.1, 0.15) is 0 Å². The Bertz CT molecular complexity index is 748. The topological polar surface area (TPSA) is 69.9 Å². The maximum atomic E-state index is 12.6. The minimum Gasteiger partial charge on any atom is -0.338 e. The van der Waals surface area contributed by atoms with Crippen molar-refractivity contribution in [3.05, 3.63) is 52.8 Å². The third-order valence-corrected chi connectivity index (χ3v) is 4.42. The molecule has 0 bridgehead atoms. The smallest absolute Gasteiger partial charge is 0.233 e. The summed E-state index contributed by atoms with van der Waals surface area (Å²) >= 11 is 1.37. The van der Waals surface area contributed by atoms with Gasteiger partial charge in [0.25, 0.3) is 0 Å². The van der Waals surface area contributed by atoms with Crippen LogP contribution in [0.1, 0.15) is 35.9 Å². The van der Waals surface area contributed by atoms with E-state index in [4.69, 9.17) is 5.26 Å². The van der Waals surface area contributed by atoms with Crippen LogP contribution in [0.5, 0.6) is 0 Å². The fraction of sp³-hybridized carbons (Fsp3) is 0.368. The van der Waals surface area contributed by atoms with Crippen LogP contribution in [0.3, 0.4) is 0 Å². The van der Waals surface area contributed by atoms with E-state index in [-0.39, 0.29) is 5.91 Å². The van der Waals surface area contributed by atoms with Crippen molar-refractivity contribution >= 4 is 17.7 Å². The molecule has 0 atom stereocenters. The van der Waals surface area contributed by atoms with Gasteiger partial charge in [-0.25, -0.2) is 9.97 Å². The van der Waals surface area contributed by atoms with Gasteiger partial charge >= 0.3 is 0 Å². The van der Waals surface area contributed by atoms with Gasteiger partial charge in [0.2, 0.25) is 5.91 Å². The van der Waals surface area contributed by atoms with Gasteiger partial charge in [0.15, 0.2) is 5.16 Å². The molecule has 1 aromatic heterocycles. The third kappa shape index (κ3) is 5.87. The molecule has 0 spiro atoms. The first-order valence-corrected chi connectivity index (χ1v) is 9.22. The van der Waals surface area contributed by atoms with Crippen molar-refractivity contribution < 1.29 is 4.79 Å². The van der Waals surface area contributed by atoms with Crippen LogP contribution < -0.4 is 0 Å². The number of aryl methyl sites for hydroxylation is 2. The van der Waals surface area contributed by atoms with Gasteiger partial charge in [-0.15, -0.1) is 0 Å². The molecule has 2 rings (SSSR count). The maximum absolute atomic E-state index is 12.6. The van der Waals surface area contributed by atoms with Crippen molar-refractivity contribution in [3.8, 4) is 6.07 Å². The van der Waals surface area contributed by atoms with Crippen LogP contribution in [0.4, 0.5) is 0 Å². The number of aromatic nitrogens is 2. The SMILES string of the molecule is CCCN(Cc1ccc(C#N)cc1)C(=O)CSc1nc(C)cc(C)n1. The molecular formula is C19H22N4OS. The van der Waals surface area contributed by atoms with Crippen LogP contribution in [0, 0.1) is 25.2 Å². The summed E-state index contributed by atoms with van der Waals surface area (Å²) in [6.07, 6.45) is 0.896. The lowest BCUT2D eigenvalue weighted by atomic mass is 10.1. The van der Waals surface area contributed by atoms with Gasteiger partial charge in [-0.3, -0.25) is 4.79 Å². The molecule has 130 valence electrons. The molecule has 0 unspecified atom stereocenters. The van der Waals surface area contributed by atoms with Crippen molar-refractivity contribution in [2.45, 2.75) is 38.9 Å². The molecule has 1 heterocycles. The van der Waals surface area contributed by atoms with E-state index in [0.717, 1.165) is 23.4 Å². The third-order valence-electron chi connectivity index (χ3n) is 3.59. The Morgan fingerprint density at radius 2 is 1.84 bits per heavy atom. The van der Waals surface area contributed by atoms with Crippen molar-refractivity contribution in [3.63, 3.8) is 0 Å². The largest absolute Gasteiger partial charge is 0.338 e. The van der Waals surface area contributed by atoms with E-state index in [0.29, 0.717) is 29.6 Å². The number of thioether (sulfide) groups is 1. The molecule has 1 amide bonds. The first-order valence-electron chi connectivity index (χ1n) is 8.23. The van der Waals surface area contributed by atoms with E-state index < -0.39 is 0 Å². The van der Waals surface area contributed by atoms with Crippen LogP contribution in [0.25, 0.3) is 0 Å². The summed E-state index contributed by atoms with van der Waals surface area (Å²) in [6.45, 7) is 7.16. The van der Waals surface area contributed by atoms with Crippen LogP contribution in [0.2, 0.25) is 0 Å². The van der Waals surface area contributed by atoms with Gasteiger partial charge < -0.3 is 4.90 Å². The number of hydrogen-bond acceptors (Lipinski definition) is 5. The summed E-state index contributed by atoms with van der Waals surface area (Å²) in [5, 5.41) is 9.51. The summed E-state index contributed by atoms with van der Waals surface area (Å²) in [5.74, 6) is 0.387. The zero-order valence-corrected chi connectivity index (χ0v) is 15.6. The van der Waals surface area contributed by atoms with E-state index in [1.165, 1.54) is 11.8 Å². The lowest BCUT2D eigenvalue weighted by Crippen LogP contribution is -2.32. The van der Waals surface area contributed by atoms with Crippen molar-refractivity contribution in [2.24, 2.45) is 0 Å². The molecule has 25 heavy (non-hydrogen) atoms. The molecule has 0 fully saturated rings. The number of nitrogens with zero attached hydrogens (tertiary/aromatic N) is 4. The summed E-state index contributed by atoms with van der Waals surface area (Å²) in [4.78, 5) is 23.2. The molecule has 0 aliphatic carbocycles. The molecule has 0 N–H and O–H groups in total. The Morgan fingerprint density at radius 3 is 2.40 bits per heavy atom. The second kappa shape index (κ2) is 9.19. The second-order valence-corrected chi connectivity index (χ2v) is 6.79. The number of nitriles is 1. The molecule has 5 nitrogen and oxygen atoms in total. The quantitative estimate of drug-likeness (QED) is 0.562. The summed E-state index contributed by atoms with van der Waals surface area (Å²) in [6, 6.07) is 11.4. The van der Waals surface area contributed by atoms with Crippen LogP contribution >= 0.6 is 11.8 Å². The van der Waals surface area contributed by atoms with Crippen molar-refractivity contribution in [1.29, 1.82) is 5.26 Å². The zero-order valence-electron chi connectivity index (χ0n) is 14.8. The first-order chi connectivity index (χ1) is 12.0. The molecule has 0 saturated carbocycles. The van der Waals surface area contributed by atoms with E-state index in [1.54, 1.807) is 12.1 Å². The fourth-order valence-electron chi connectivity index (χ4n) is 2.44. The number of benzene rings is 1. The van der Waals surface area contributed by atoms with Gasteiger partial charge in [0.05, 0.1) is 17.4 Å². The standard InChI is InChI=1S/C19H22N4OS/c1-4-9-23(12-17-7-5-16(11-20)6-8-17)18(24)13-25-19-21-14(2)10-15(3)22-19/h5-8,10H,4,9,12-13H2,1-3H3. The van der Waals surface area contributed by atoms with Crippen LogP contribution in [-0.2, 0) is 11.3 Å². The summed E-state index contributed by atoms with van der Waals surface area (Å²) in [7, 11) is 0. The number of amides is 1. The molecule has 1 aromatic carbocycles. The lowest BCUT2D eigenvalue weighted by molar-refractivity contribution is -0.129. The molecule has 0 saturated heterocycles. The minimum absolute atomic E-state index is 0.0685. The molecule has 2 aromatic rings. The maximum Gasteiger partial charge on any atom is 0.233 e. The van der Waals surface area contributed by atoms with E-state index >= 15 is 0 Å². The lowest BCUT2D eigenvalue weighted by Gasteiger charge is -2.22. The average Bonchev–Trinajstić information content (AvgIpc) is 2.59. The average molecular weight is 354 g/mol. The number of hydrogen-bond donors (Lipinski definition) is 0. The number of rotatable bonds is 7. The number of carbonyl (C=O) groups is 1. The van der Waals surface area contributed by atoms with Crippen molar-refractivity contribution in [2.75, 3.05) is 12.3 Å². The van der Waals surface area contributed by atoms with E-state index in [1.807, 2.05) is 36.9 Å². The van der Waals surface area contributed by atoms with E-state index in [9.17, 15) is 4.79 Å². The van der Waals surface area contributed by atoms with Gasteiger partial charge in [0, 0.05) is 24.5 Å². The highest BCUT2D eigenvalue weighted by Crippen LogP contribution is 2.16. The highest BCUT2D eigenvalue weighted by atomic mass is 32.2. The molecule has 6 heteroatoms. The monoisotopic (exact) mass is 354 g/mol. The predicted octanol–water partition coefficient (Wildman–Crippen LogP) is 3.50. The van der Waals surface area contributed by atoms with Crippen molar-refractivity contribution in [1.82, 2.24) is 14.9 Å². The first kappa shape index (κ1) is 18.9. The highest BCUT2D eigenvalue weighted by molar-refractivity contribution is 7.99. The van der Waals surface area contributed by atoms with Gasteiger partial charge in [-0.05, 0) is 44.0 Å². The van der Waals surface area contributed by atoms with Crippen LogP contribution in [-0.4, -0.2) is 33.1 Å². The normalized spacial score (nSPS) is 10.3. The minimum atomic E-state index is 0.0685. The zero-order chi connectivity index (χ0) is 18.2. The highest BCUT2D eigenvalue weighted by Gasteiger charge is 2.14. The Hall–Kier alpha value is -2.39. The van der Waals surface area contributed by atoms with Crippen LogP contribution in [0.15, 0.2) is 35.5 Å². The molecule has 0 aliphatic rings. The fourth-order valence-corrected chi connectivity index (χ4v) is 3.29. The Kier molecular flexibility index (Phi) is 6.96. The summed E-state index contributed by atoms with van der Waals surface area (Å²) < 4.78 is 0. The Labute approximate surface area is 153 Å². The Morgan fingerprint density at radius 1 is 1.20 bits per heavy atom. The predicted molar refractivity (Wildman–Crippen MR) is 99.1 cm³/mol.